The van der Waals surface area contributed by atoms with E-state index in [1.54, 1.807) is 0 Å². The first-order chi connectivity index (χ1) is 21.6. The molecule has 1 heterocycles. The molecule has 0 spiro atoms. The molecule has 5 rings (SSSR count). The lowest BCUT2D eigenvalue weighted by molar-refractivity contribution is -0.154. The van der Waals surface area contributed by atoms with Crippen LogP contribution in [-0.2, 0) is 32.0 Å². The number of hydrazone groups is 1. The van der Waals surface area contributed by atoms with Crippen molar-refractivity contribution >= 4 is 29.4 Å². The minimum Gasteiger partial charge on any atom is -0.460 e. The van der Waals surface area contributed by atoms with Crippen molar-refractivity contribution in [3.05, 3.63) is 101 Å². The Morgan fingerprint density at radius 1 is 1.00 bits per heavy atom. The highest BCUT2D eigenvalue weighted by Gasteiger charge is 2.32. The molecule has 1 N–H and O–H groups in total. The lowest BCUT2D eigenvalue weighted by Crippen LogP contribution is -2.35. The molecule has 2 amide bonds. The van der Waals surface area contributed by atoms with Crippen LogP contribution in [0.5, 0.6) is 0 Å². The highest BCUT2D eigenvalue weighted by Crippen LogP contribution is 2.38. The summed E-state index contributed by atoms with van der Waals surface area (Å²) in [4.78, 5) is 38.7. The summed E-state index contributed by atoms with van der Waals surface area (Å²) in [5, 5.41) is 9.13. The van der Waals surface area contributed by atoms with Crippen molar-refractivity contribution < 1.29 is 23.9 Å². The molecule has 8 heteroatoms. The van der Waals surface area contributed by atoms with Crippen LogP contribution in [0.3, 0.4) is 0 Å². The van der Waals surface area contributed by atoms with Crippen LogP contribution in [0.4, 0.5) is 10.5 Å². The van der Waals surface area contributed by atoms with Crippen molar-refractivity contribution in [3.8, 4) is 0 Å². The van der Waals surface area contributed by atoms with Gasteiger partial charge in [0.25, 0.3) is 0 Å². The van der Waals surface area contributed by atoms with Crippen LogP contribution >= 0.6 is 0 Å². The molecule has 0 saturated heterocycles. The molecule has 1 saturated carbocycles. The van der Waals surface area contributed by atoms with Gasteiger partial charge in [-0.05, 0) is 81.2 Å². The van der Waals surface area contributed by atoms with Crippen LogP contribution in [0.15, 0.2) is 77.9 Å². The van der Waals surface area contributed by atoms with Gasteiger partial charge in [0.15, 0.2) is 0 Å². The number of ether oxygens (including phenoxy) is 2. The third-order valence-corrected chi connectivity index (χ3v) is 8.44. The van der Waals surface area contributed by atoms with Gasteiger partial charge in [0.1, 0.15) is 17.9 Å². The van der Waals surface area contributed by atoms with Gasteiger partial charge in [-0.1, -0.05) is 79.6 Å². The van der Waals surface area contributed by atoms with Crippen molar-refractivity contribution in [2.75, 3.05) is 11.9 Å². The Hall–Kier alpha value is -4.46. The molecule has 1 aliphatic carbocycles. The average Bonchev–Trinajstić information content (AvgIpc) is 3.54. The number of aryl methyl sites for hydroxylation is 1. The number of nitrogens with one attached hydrogen (secondary N) is 1. The molecule has 0 bridgehead atoms. The number of carbonyl (C=O) groups excluding carboxylic acids is 3. The fraction of sp³-hybridized carbons (Fsp3) is 0.405. The first-order valence-electron chi connectivity index (χ1n) is 15.8. The Kier molecular flexibility index (Phi) is 10.0. The fourth-order valence-corrected chi connectivity index (χ4v) is 6.15. The number of cyclic esters (lactones) is 1. The van der Waals surface area contributed by atoms with Crippen LogP contribution in [0.2, 0.25) is 0 Å². The zero-order valence-electron chi connectivity index (χ0n) is 26.7. The Bertz CT molecular complexity index is 1540. The van der Waals surface area contributed by atoms with Gasteiger partial charge in [-0.3, -0.25) is 9.59 Å². The monoisotopic (exact) mass is 609 g/mol. The first kappa shape index (κ1) is 31.9. The maximum absolute atomic E-state index is 13.9. The normalized spacial score (nSPS) is 16.1. The topological polar surface area (TPSA) is 97.3 Å². The van der Waals surface area contributed by atoms with Crippen LogP contribution in [-0.4, -0.2) is 40.9 Å². The largest absolute Gasteiger partial charge is 0.460 e. The maximum atomic E-state index is 13.9. The van der Waals surface area contributed by atoms with E-state index in [-0.39, 0.29) is 43.3 Å². The van der Waals surface area contributed by atoms with Crippen LogP contribution < -0.4 is 5.32 Å². The molecule has 3 aromatic rings. The zero-order chi connectivity index (χ0) is 32.0. The molecule has 8 nitrogen and oxygen atoms in total. The van der Waals surface area contributed by atoms with Crippen LogP contribution in [0.1, 0.15) is 86.6 Å². The van der Waals surface area contributed by atoms with Gasteiger partial charge >= 0.3 is 12.1 Å². The van der Waals surface area contributed by atoms with Crippen molar-refractivity contribution in [2.24, 2.45) is 11.0 Å². The third kappa shape index (κ3) is 8.38. The fourth-order valence-electron chi connectivity index (χ4n) is 6.15. The summed E-state index contributed by atoms with van der Waals surface area (Å²) in [5.74, 6) is -0.309. The van der Waals surface area contributed by atoms with Gasteiger partial charge < -0.3 is 14.8 Å². The van der Waals surface area contributed by atoms with Crippen molar-refractivity contribution in [2.45, 2.75) is 84.3 Å². The molecule has 1 fully saturated rings. The van der Waals surface area contributed by atoms with E-state index in [0.29, 0.717) is 12.1 Å². The summed E-state index contributed by atoms with van der Waals surface area (Å²) in [6.07, 6.45) is 4.58. The minimum absolute atomic E-state index is 0.0289. The van der Waals surface area contributed by atoms with Crippen molar-refractivity contribution in [1.82, 2.24) is 5.01 Å². The number of hydrogen-bond acceptors (Lipinski definition) is 6. The molecular weight excluding hydrogens is 566 g/mol. The van der Waals surface area contributed by atoms with Gasteiger partial charge in [-0.15, -0.1) is 0 Å². The SMILES string of the molecule is Cc1c(CCC(=O)OC(C)(C)C)cccc1NC(=O)C(c1ccc(CN2N=C(c3ccccc3)COC2=O)cc1)C1CCCC1. The number of amides is 2. The van der Waals surface area contributed by atoms with Crippen LogP contribution in [0, 0.1) is 12.8 Å². The minimum atomic E-state index is -0.519. The predicted octanol–water partition coefficient (Wildman–Crippen LogP) is 7.54. The highest BCUT2D eigenvalue weighted by molar-refractivity contribution is 6.03. The molecule has 236 valence electrons. The molecule has 0 radical (unpaired) electrons. The number of anilines is 1. The number of nitrogens with zero attached hydrogens (tertiary/aromatic N) is 2. The first-order valence-corrected chi connectivity index (χ1v) is 15.8. The van der Waals surface area contributed by atoms with E-state index in [0.717, 1.165) is 59.2 Å². The summed E-state index contributed by atoms with van der Waals surface area (Å²) >= 11 is 0. The maximum Gasteiger partial charge on any atom is 0.431 e. The number of rotatable bonds is 10. The predicted molar refractivity (Wildman–Crippen MR) is 175 cm³/mol. The summed E-state index contributed by atoms with van der Waals surface area (Å²) in [6.45, 7) is 7.98. The van der Waals surface area contributed by atoms with E-state index in [1.807, 2.05) is 100 Å². The van der Waals surface area contributed by atoms with E-state index in [9.17, 15) is 14.4 Å². The molecule has 3 aromatic carbocycles. The second-order valence-electron chi connectivity index (χ2n) is 13.0. The number of esters is 1. The third-order valence-electron chi connectivity index (χ3n) is 8.44. The number of carbonyl (C=O) groups is 3. The van der Waals surface area contributed by atoms with Gasteiger partial charge in [-0.25, -0.2) is 4.79 Å². The smallest absolute Gasteiger partial charge is 0.431 e. The summed E-state index contributed by atoms with van der Waals surface area (Å²) in [6, 6.07) is 23.4. The average molecular weight is 610 g/mol. The lowest BCUT2D eigenvalue weighted by atomic mass is 9.83. The Morgan fingerprint density at radius 2 is 1.71 bits per heavy atom. The van der Waals surface area contributed by atoms with Gasteiger partial charge in [0.05, 0.1) is 12.5 Å². The summed E-state index contributed by atoms with van der Waals surface area (Å²) < 4.78 is 10.9. The van der Waals surface area contributed by atoms with E-state index >= 15 is 0 Å². The van der Waals surface area contributed by atoms with Gasteiger partial charge in [0.2, 0.25) is 5.91 Å². The van der Waals surface area contributed by atoms with Crippen molar-refractivity contribution in [3.63, 3.8) is 0 Å². The highest BCUT2D eigenvalue weighted by atomic mass is 16.6. The standard InChI is InChI=1S/C37H43N3O5/c1-25-27(21-22-33(41)45-37(2,3)4)15-10-16-31(25)38-35(42)34(29-13-8-9-14-29)30-19-17-26(18-20-30)23-40-36(43)44-24-32(39-40)28-11-6-5-7-12-28/h5-7,10-12,15-20,29,34H,8-9,13-14,21-24H2,1-4H3,(H,38,42). The molecule has 1 unspecified atom stereocenters. The molecule has 0 aromatic heterocycles. The second-order valence-corrected chi connectivity index (χ2v) is 13.0. The molecule has 1 aliphatic heterocycles. The van der Waals surface area contributed by atoms with E-state index < -0.39 is 11.7 Å². The second kappa shape index (κ2) is 14.1. The van der Waals surface area contributed by atoms with Gasteiger partial charge in [0, 0.05) is 17.7 Å². The molecular formula is C37H43N3O5. The summed E-state index contributed by atoms with van der Waals surface area (Å²) in [5.41, 5.74) is 5.68. The Labute approximate surface area is 265 Å². The number of benzene rings is 3. The zero-order valence-corrected chi connectivity index (χ0v) is 26.7. The lowest BCUT2D eigenvalue weighted by Gasteiger charge is -2.25. The quantitative estimate of drug-likeness (QED) is 0.240. The van der Waals surface area contributed by atoms with Gasteiger partial charge in [-0.2, -0.15) is 10.1 Å². The van der Waals surface area contributed by atoms with E-state index in [1.165, 1.54) is 5.01 Å². The van der Waals surface area contributed by atoms with E-state index in [4.69, 9.17) is 9.47 Å². The van der Waals surface area contributed by atoms with E-state index in [2.05, 4.69) is 10.4 Å². The van der Waals surface area contributed by atoms with Crippen molar-refractivity contribution in [1.29, 1.82) is 0 Å². The molecule has 1 atom stereocenters. The van der Waals surface area contributed by atoms with Crippen LogP contribution in [0.25, 0.3) is 0 Å². The Balaban J connectivity index is 1.29. The summed E-state index contributed by atoms with van der Waals surface area (Å²) in [7, 11) is 0. The molecule has 45 heavy (non-hydrogen) atoms. The Morgan fingerprint density at radius 3 is 2.40 bits per heavy atom. The molecule has 2 aliphatic rings. The number of hydrogen-bond donors (Lipinski definition) is 1.